The van der Waals surface area contributed by atoms with Crippen molar-refractivity contribution in [1.82, 2.24) is 20.5 Å². The standard InChI is InChI=1S/C34H38F3N7O3.ClH/c1-19-27(13-14-28(41-19)32(46)42-20(2)34(35,36)37)23-7-3-21(4-8-23)15-30(31(39)45)44(26-12-11-25-18-40-43-29(25)16-26)33(47)24-9-5-22(17-38)6-10-24;/h3-4,7-8,11-14,16,18,20,22,24,30H,5-6,9-10,15,17,38H2,1-2H3,(H2,39,45)(H,40,43)(H,42,46);1H/t20?,22?,24?,30-;/m0./s1. The Hall–Kier alpha value is -4.49. The van der Waals surface area contributed by atoms with E-state index in [-0.39, 0.29) is 36.3 Å². The first-order valence-corrected chi connectivity index (χ1v) is 15.6. The van der Waals surface area contributed by atoms with E-state index in [0.717, 1.165) is 41.8 Å². The molecule has 1 fully saturated rings. The van der Waals surface area contributed by atoms with Gasteiger partial charge >= 0.3 is 6.18 Å². The number of amides is 3. The van der Waals surface area contributed by atoms with Crippen LogP contribution in [0.5, 0.6) is 0 Å². The Morgan fingerprint density at radius 3 is 2.33 bits per heavy atom. The monoisotopic (exact) mass is 685 g/mol. The molecule has 48 heavy (non-hydrogen) atoms. The second kappa shape index (κ2) is 15.2. The van der Waals surface area contributed by atoms with E-state index in [0.29, 0.717) is 42.2 Å². The smallest absolute Gasteiger partial charge is 0.368 e. The number of pyridine rings is 1. The van der Waals surface area contributed by atoms with E-state index in [2.05, 4.69) is 15.2 Å². The number of hydrogen-bond acceptors (Lipinski definition) is 6. The van der Waals surface area contributed by atoms with Crippen molar-refractivity contribution in [2.45, 2.75) is 64.2 Å². The first-order chi connectivity index (χ1) is 22.3. The summed E-state index contributed by atoms with van der Waals surface area (Å²) in [4.78, 5) is 45.3. The Morgan fingerprint density at radius 2 is 1.73 bits per heavy atom. The minimum Gasteiger partial charge on any atom is -0.368 e. The average molecular weight is 686 g/mol. The molecule has 1 aliphatic rings. The normalized spacial score (nSPS) is 17.6. The highest BCUT2D eigenvalue weighted by atomic mass is 35.5. The maximum absolute atomic E-state index is 14.1. The zero-order valence-electron chi connectivity index (χ0n) is 26.6. The second-order valence-corrected chi connectivity index (χ2v) is 12.2. The Bertz CT molecular complexity index is 1750. The van der Waals surface area contributed by atoms with Gasteiger partial charge in [0.2, 0.25) is 11.8 Å². The van der Waals surface area contributed by atoms with Gasteiger partial charge in [-0.15, -0.1) is 12.4 Å². The van der Waals surface area contributed by atoms with Gasteiger partial charge in [-0.1, -0.05) is 30.3 Å². The summed E-state index contributed by atoms with van der Waals surface area (Å²) in [5.41, 5.74) is 15.6. The molecule has 2 heterocycles. The van der Waals surface area contributed by atoms with Gasteiger partial charge in [0.15, 0.2) is 0 Å². The first kappa shape index (κ1) is 36.3. The summed E-state index contributed by atoms with van der Waals surface area (Å²) < 4.78 is 38.6. The molecule has 2 aromatic carbocycles. The zero-order valence-corrected chi connectivity index (χ0v) is 27.4. The summed E-state index contributed by atoms with van der Waals surface area (Å²) in [6.07, 6.45) is 0.319. The Labute approximate surface area is 282 Å². The molecule has 3 amide bonds. The molecule has 1 unspecified atom stereocenters. The van der Waals surface area contributed by atoms with Gasteiger partial charge in [0, 0.05) is 34.7 Å². The van der Waals surface area contributed by atoms with Crippen molar-refractivity contribution in [3.8, 4) is 11.1 Å². The van der Waals surface area contributed by atoms with E-state index in [9.17, 15) is 27.6 Å². The van der Waals surface area contributed by atoms with Crippen molar-refractivity contribution in [2.24, 2.45) is 23.3 Å². The predicted octanol–water partition coefficient (Wildman–Crippen LogP) is 5.23. The number of benzene rings is 2. The van der Waals surface area contributed by atoms with Gasteiger partial charge in [0.1, 0.15) is 17.8 Å². The van der Waals surface area contributed by atoms with E-state index in [1.807, 2.05) is 35.6 Å². The van der Waals surface area contributed by atoms with Crippen LogP contribution in [-0.4, -0.2) is 57.7 Å². The van der Waals surface area contributed by atoms with Gasteiger partial charge in [-0.3, -0.25) is 24.4 Å². The molecule has 6 N–H and O–H groups in total. The number of alkyl halides is 3. The van der Waals surface area contributed by atoms with E-state index in [1.54, 1.807) is 31.3 Å². The molecule has 5 rings (SSSR count). The predicted molar refractivity (Wildman–Crippen MR) is 179 cm³/mol. The van der Waals surface area contributed by atoms with Crippen LogP contribution < -0.4 is 21.7 Å². The summed E-state index contributed by atoms with van der Waals surface area (Å²) in [7, 11) is 0. The van der Waals surface area contributed by atoms with Crippen LogP contribution in [0.1, 0.15) is 54.4 Å². The number of primary amides is 1. The third kappa shape index (κ3) is 8.13. The van der Waals surface area contributed by atoms with Gasteiger partial charge in [-0.05, 0) is 87.4 Å². The van der Waals surface area contributed by atoms with E-state index in [4.69, 9.17) is 11.5 Å². The van der Waals surface area contributed by atoms with Gasteiger partial charge in [0.25, 0.3) is 5.91 Å². The summed E-state index contributed by atoms with van der Waals surface area (Å²) in [5, 5.41) is 9.78. The maximum Gasteiger partial charge on any atom is 0.408 e. The van der Waals surface area contributed by atoms with Crippen molar-refractivity contribution < 1.29 is 27.6 Å². The molecule has 0 spiro atoms. The lowest BCUT2D eigenvalue weighted by molar-refractivity contribution is -0.149. The number of carbonyl (C=O) groups is 3. The molecular formula is C34H39ClF3N7O3. The van der Waals surface area contributed by atoms with E-state index >= 15 is 0 Å². The minimum absolute atomic E-state index is 0. The Balaban J connectivity index is 0.00000520. The highest BCUT2D eigenvalue weighted by molar-refractivity contribution is 6.03. The maximum atomic E-state index is 14.1. The van der Waals surface area contributed by atoms with Crippen molar-refractivity contribution in [3.63, 3.8) is 0 Å². The van der Waals surface area contributed by atoms with Crippen LogP contribution in [0.25, 0.3) is 22.0 Å². The van der Waals surface area contributed by atoms with Gasteiger partial charge in [-0.25, -0.2) is 4.98 Å². The number of H-pyrrole nitrogens is 1. The van der Waals surface area contributed by atoms with Gasteiger partial charge in [-0.2, -0.15) is 18.3 Å². The van der Waals surface area contributed by atoms with Crippen molar-refractivity contribution in [3.05, 3.63) is 77.7 Å². The molecule has 1 aliphatic carbocycles. The molecule has 2 atom stereocenters. The van der Waals surface area contributed by atoms with E-state index < -0.39 is 30.1 Å². The fourth-order valence-electron chi connectivity index (χ4n) is 6.09. The number of nitrogens with zero attached hydrogens (tertiary/aromatic N) is 3. The number of hydrogen-bond donors (Lipinski definition) is 4. The number of rotatable bonds is 10. The number of nitrogens with one attached hydrogen (secondary N) is 2. The molecule has 0 aliphatic heterocycles. The van der Waals surface area contributed by atoms with Crippen molar-refractivity contribution in [1.29, 1.82) is 0 Å². The molecule has 0 bridgehead atoms. The van der Waals surface area contributed by atoms with Gasteiger partial charge < -0.3 is 16.8 Å². The summed E-state index contributed by atoms with van der Waals surface area (Å²) >= 11 is 0. The fourth-order valence-corrected chi connectivity index (χ4v) is 6.09. The molecule has 4 aromatic rings. The molecule has 10 nitrogen and oxygen atoms in total. The molecule has 0 saturated heterocycles. The zero-order chi connectivity index (χ0) is 33.9. The number of aryl methyl sites for hydroxylation is 1. The lowest BCUT2D eigenvalue weighted by Gasteiger charge is -2.35. The molecule has 0 radical (unpaired) electrons. The fraction of sp³-hybridized carbons (Fsp3) is 0.382. The lowest BCUT2D eigenvalue weighted by atomic mass is 9.81. The van der Waals surface area contributed by atoms with Crippen LogP contribution in [0.3, 0.4) is 0 Å². The first-order valence-electron chi connectivity index (χ1n) is 15.6. The number of fused-ring (bicyclic) bond motifs is 1. The summed E-state index contributed by atoms with van der Waals surface area (Å²) in [6, 6.07) is 12.7. The number of halogens is 4. The average Bonchev–Trinajstić information content (AvgIpc) is 3.52. The minimum atomic E-state index is -4.57. The third-order valence-corrected chi connectivity index (χ3v) is 8.96. The van der Waals surface area contributed by atoms with Crippen LogP contribution in [-0.2, 0) is 16.0 Å². The third-order valence-electron chi connectivity index (χ3n) is 8.96. The number of anilines is 1. The lowest BCUT2D eigenvalue weighted by Crippen LogP contribution is -2.52. The Kier molecular flexibility index (Phi) is 11.5. The highest BCUT2D eigenvalue weighted by Gasteiger charge is 2.38. The van der Waals surface area contributed by atoms with Crippen molar-refractivity contribution in [2.75, 3.05) is 11.4 Å². The Morgan fingerprint density at radius 1 is 1.04 bits per heavy atom. The van der Waals surface area contributed by atoms with Gasteiger partial charge in [0.05, 0.1) is 11.7 Å². The largest absolute Gasteiger partial charge is 0.408 e. The number of aromatic nitrogens is 3. The molecule has 14 heteroatoms. The summed E-state index contributed by atoms with van der Waals surface area (Å²) in [6.45, 7) is 3.11. The highest BCUT2D eigenvalue weighted by Crippen LogP contribution is 2.33. The van der Waals surface area contributed by atoms with Crippen molar-refractivity contribution >= 4 is 46.7 Å². The van der Waals surface area contributed by atoms with Crippen LogP contribution in [0, 0.1) is 18.8 Å². The van der Waals surface area contributed by atoms with Crippen LogP contribution in [0.15, 0.2) is 60.8 Å². The molecule has 256 valence electrons. The van der Waals surface area contributed by atoms with Crippen LogP contribution >= 0.6 is 12.4 Å². The molecule has 2 aromatic heterocycles. The number of carbonyl (C=O) groups excluding carboxylic acids is 3. The topological polar surface area (TPSA) is 160 Å². The number of aromatic amines is 1. The number of nitrogens with two attached hydrogens (primary N) is 2. The van der Waals surface area contributed by atoms with E-state index in [1.165, 1.54) is 11.0 Å². The van der Waals surface area contributed by atoms with Crippen LogP contribution in [0.2, 0.25) is 0 Å². The molecular weight excluding hydrogens is 647 g/mol. The second-order valence-electron chi connectivity index (χ2n) is 12.2. The molecule has 1 saturated carbocycles. The SMILES string of the molecule is Cc1nc(C(=O)NC(C)C(F)(F)F)ccc1-c1ccc(C[C@@H](C(N)=O)N(C(=O)C2CCC(CN)CC2)c2ccc3cn[nH]c3c2)cc1.Cl. The quantitative estimate of drug-likeness (QED) is 0.179. The van der Waals surface area contributed by atoms with Crippen LogP contribution in [0.4, 0.5) is 18.9 Å². The summed E-state index contributed by atoms with van der Waals surface area (Å²) in [5.74, 6) is -1.61.